The number of hydrogen-bond donors (Lipinski definition) is 1. The molecule has 100 valence electrons. The molecule has 0 radical (unpaired) electrons. The molecule has 2 rings (SSSR count). The number of methoxy groups -OCH3 is 1. The van der Waals surface area contributed by atoms with Gasteiger partial charge in [0.25, 0.3) is 0 Å². The van der Waals surface area contributed by atoms with Gasteiger partial charge in [0.1, 0.15) is 5.75 Å². The highest BCUT2D eigenvalue weighted by atomic mass is 16.5. The lowest BCUT2D eigenvalue weighted by molar-refractivity contribution is 0.140. The van der Waals surface area contributed by atoms with Crippen LogP contribution in [-0.2, 0) is 5.41 Å². The molecule has 0 bridgehead atoms. The van der Waals surface area contributed by atoms with Gasteiger partial charge in [-0.2, -0.15) is 0 Å². The fourth-order valence-corrected chi connectivity index (χ4v) is 3.78. The molecule has 1 saturated carbocycles. The van der Waals surface area contributed by atoms with E-state index < -0.39 is 0 Å². The number of rotatable bonds is 2. The van der Waals surface area contributed by atoms with E-state index in [9.17, 15) is 0 Å². The van der Waals surface area contributed by atoms with E-state index in [1.165, 1.54) is 12.0 Å². The van der Waals surface area contributed by atoms with Gasteiger partial charge in [0.05, 0.1) is 7.11 Å². The second-order valence-corrected chi connectivity index (χ2v) is 6.80. The minimum Gasteiger partial charge on any atom is -0.497 e. The molecule has 1 fully saturated rings. The van der Waals surface area contributed by atoms with Crippen LogP contribution in [0.4, 0.5) is 0 Å². The van der Waals surface area contributed by atoms with Crippen molar-refractivity contribution in [2.24, 2.45) is 11.1 Å². The van der Waals surface area contributed by atoms with Gasteiger partial charge in [-0.3, -0.25) is 0 Å². The maximum atomic E-state index is 6.26. The first-order valence-electron chi connectivity index (χ1n) is 6.75. The summed E-state index contributed by atoms with van der Waals surface area (Å²) >= 11 is 0. The topological polar surface area (TPSA) is 35.2 Å². The fraction of sp³-hybridized carbons (Fsp3) is 0.625. The van der Waals surface area contributed by atoms with Crippen LogP contribution in [0.3, 0.4) is 0 Å². The Balaban J connectivity index is 2.34. The van der Waals surface area contributed by atoms with Crippen molar-refractivity contribution in [3.63, 3.8) is 0 Å². The molecule has 1 aromatic carbocycles. The van der Waals surface area contributed by atoms with Gasteiger partial charge in [-0.25, -0.2) is 0 Å². The predicted octanol–water partition coefficient (Wildman–Crippen LogP) is 3.49. The maximum Gasteiger partial charge on any atom is 0.119 e. The SMILES string of the molecule is COc1cccc(C2(C)CC(N)CC(C)(C)C2)c1. The van der Waals surface area contributed by atoms with Crippen LogP contribution in [0.25, 0.3) is 0 Å². The summed E-state index contributed by atoms with van der Waals surface area (Å²) in [5.41, 5.74) is 8.09. The lowest BCUT2D eigenvalue weighted by atomic mass is 9.60. The third-order valence-corrected chi connectivity index (χ3v) is 4.16. The van der Waals surface area contributed by atoms with E-state index in [2.05, 4.69) is 39.0 Å². The van der Waals surface area contributed by atoms with Crippen LogP contribution < -0.4 is 10.5 Å². The zero-order valence-corrected chi connectivity index (χ0v) is 12.0. The normalized spacial score (nSPS) is 31.1. The average Bonchev–Trinajstić information content (AvgIpc) is 2.26. The minimum atomic E-state index is 0.162. The van der Waals surface area contributed by atoms with Gasteiger partial charge in [0.2, 0.25) is 0 Å². The fourth-order valence-electron chi connectivity index (χ4n) is 3.78. The second-order valence-electron chi connectivity index (χ2n) is 6.80. The quantitative estimate of drug-likeness (QED) is 0.868. The Morgan fingerprint density at radius 1 is 1.22 bits per heavy atom. The van der Waals surface area contributed by atoms with Gasteiger partial charge < -0.3 is 10.5 Å². The monoisotopic (exact) mass is 247 g/mol. The molecule has 1 aromatic rings. The van der Waals surface area contributed by atoms with Crippen LogP contribution in [0.5, 0.6) is 5.75 Å². The van der Waals surface area contributed by atoms with E-state index in [0.717, 1.165) is 18.6 Å². The van der Waals surface area contributed by atoms with E-state index in [0.29, 0.717) is 11.5 Å². The van der Waals surface area contributed by atoms with Crippen molar-refractivity contribution in [2.75, 3.05) is 7.11 Å². The van der Waals surface area contributed by atoms with Crippen molar-refractivity contribution in [1.29, 1.82) is 0 Å². The number of nitrogens with two attached hydrogens (primary N) is 1. The average molecular weight is 247 g/mol. The lowest BCUT2D eigenvalue weighted by Gasteiger charge is -2.46. The van der Waals surface area contributed by atoms with Gasteiger partial charge in [-0.1, -0.05) is 32.9 Å². The Morgan fingerprint density at radius 2 is 1.94 bits per heavy atom. The highest BCUT2D eigenvalue weighted by Crippen LogP contribution is 2.47. The standard InChI is InChI=1S/C16H25NO/c1-15(2)9-13(17)10-16(3,11-15)12-6-5-7-14(8-12)18-4/h5-8,13H,9-11,17H2,1-4H3. The van der Waals surface area contributed by atoms with E-state index in [1.54, 1.807) is 7.11 Å². The zero-order chi connectivity index (χ0) is 13.4. The molecule has 2 nitrogen and oxygen atoms in total. The Kier molecular flexibility index (Phi) is 3.41. The molecular weight excluding hydrogens is 222 g/mol. The Hall–Kier alpha value is -1.02. The van der Waals surface area contributed by atoms with E-state index in [1.807, 2.05) is 6.07 Å². The molecule has 2 heteroatoms. The van der Waals surface area contributed by atoms with Crippen LogP contribution in [-0.4, -0.2) is 13.2 Å². The summed E-state index contributed by atoms with van der Waals surface area (Å²) in [5, 5.41) is 0. The molecule has 1 aliphatic rings. The van der Waals surface area contributed by atoms with Crippen molar-refractivity contribution < 1.29 is 4.74 Å². The highest BCUT2D eigenvalue weighted by molar-refractivity contribution is 5.34. The number of ether oxygens (including phenoxy) is 1. The smallest absolute Gasteiger partial charge is 0.119 e. The van der Waals surface area contributed by atoms with E-state index >= 15 is 0 Å². The van der Waals surface area contributed by atoms with Crippen LogP contribution >= 0.6 is 0 Å². The summed E-state index contributed by atoms with van der Waals surface area (Å²) < 4.78 is 5.34. The molecule has 2 N–H and O–H groups in total. The maximum absolute atomic E-state index is 6.26. The van der Waals surface area contributed by atoms with Crippen molar-refractivity contribution in [1.82, 2.24) is 0 Å². The summed E-state index contributed by atoms with van der Waals surface area (Å²) in [6, 6.07) is 8.74. The van der Waals surface area contributed by atoms with Crippen LogP contribution in [0, 0.1) is 5.41 Å². The first-order chi connectivity index (χ1) is 8.35. The summed E-state index contributed by atoms with van der Waals surface area (Å²) in [7, 11) is 1.72. The third-order valence-electron chi connectivity index (χ3n) is 4.16. The summed E-state index contributed by atoms with van der Waals surface area (Å²) in [6.45, 7) is 6.98. The first-order valence-corrected chi connectivity index (χ1v) is 6.75. The molecule has 2 atom stereocenters. The number of hydrogen-bond acceptors (Lipinski definition) is 2. The lowest BCUT2D eigenvalue weighted by Crippen LogP contribution is -2.44. The molecule has 0 saturated heterocycles. The van der Waals surface area contributed by atoms with Gasteiger partial charge >= 0.3 is 0 Å². The molecule has 1 aliphatic carbocycles. The molecule has 0 spiro atoms. The molecule has 0 heterocycles. The highest BCUT2D eigenvalue weighted by Gasteiger charge is 2.41. The summed E-state index contributed by atoms with van der Waals surface area (Å²) in [4.78, 5) is 0. The largest absolute Gasteiger partial charge is 0.497 e. The Labute approximate surface area is 111 Å². The van der Waals surface area contributed by atoms with Crippen LogP contribution in [0.1, 0.15) is 45.6 Å². The molecule has 2 unspecified atom stereocenters. The predicted molar refractivity (Wildman–Crippen MR) is 76.0 cm³/mol. The van der Waals surface area contributed by atoms with E-state index in [4.69, 9.17) is 10.5 Å². The van der Waals surface area contributed by atoms with Crippen LogP contribution in [0.2, 0.25) is 0 Å². The van der Waals surface area contributed by atoms with Crippen molar-refractivity contribution in [2.45, 2.75) is 51.5 Å². The minimum absolute atomic E-state index is 0.162. The van der Waals surface area contributed by atoms with Gasteiger partial charge in [0, 0.05) is 6.04 Å². The summed E-state index contributed by atoms with van der Waals surface area (Å²) in [6.07, 6.45) is 3.36. The zero-order valence-electron chi connectivity index (χ0n) is 12.0. The Morgan fingerprint density at radius 3 is 2.56 bits per heavy atom. The molecule has 0 aromatic heterocycles. The van der Waals surface area contributed by atoms with Crippen LogP contribution in [0.15, 0.2) is 24.3 Å². The molecule has 0 aliphatic heterocycles. The number of benzene rings is 1. The van der Waals surface area contributed by atoms with Crippen molar-refractivity contribution in [3.8, 4) is 5.75 Å². The van der Waals surface area contributed by atoms with Gasteiger partial charge in [-0.05, 0) is 47.8 Å². The first kappa shape index (κ1) is 13.4. The third kappa shape index (κ3) is 2.69. The van der Waals surface area contributed by atoms with E-state index in [-0.39, 0.29) is 5.41 Å². The van der Waals surface area contributed by atoms with Gasteiger partial charge in [-0.15, -0.1) is 0 Å². The molecule has 18 heavy (non-hydrogen) atoms. The summed E-state index contributed by atoms with van der Waals surface area (Å²) in [5.74, 6) is 0.936. The van der Waals surface area contributed by atoms with Crippen molar-refractivity contribution >= 4 is 0 Å². The molecular formula is C16H25NO. The van der Waals surface area contributed by atoms with Crippen molar-refractivity contribution in [3.05, 3.63) is 29.8 Å². The second kappa shape index (κ2) is 4.58. The van der Waals surface area contributed by atoms with Gasteiger partial charge in [0.15, 0.2) is 0 Å². The Bertz CT molecular complexity index is 427. The molecule has 0 amide bonds.